The number of carbonyl (C=O) groups excluding carboxylic acids is 1. The van der Waals surface area contributed by atoms with Crippen molar-refractivity contribution in [1.29, 1.82) is 0 Å². The Balaban J connectivity index is 1.84. The van der Waals surface area contributed by atoms with Gasteiger partial charge in [-0.3, -0.25) is 4.79 Å². The van der Waals surface area contributed by atoms with Crippen molar-refractivity contribution in [2.75, 3.05) is 6.61 Å². The molecule has 140 valence electrons. The molecule has 2 aromatic rings. The molecule has 0 fully saturated rings. The van der Waals surface area contributed by atoms with Gasteiger partial charge < -0.3 is 10.1 Å². The summed E-state index contributed by atoms with van der Waals surface area (Å²) in [7, 11) is -3.54. The monoisotopic (exact) mass is 376 g/mol. The molecule has 0 aliphatic heterocycles. The van der Waals surface area contributed by atoms with E-state index in [4.69, 9.17) is 4.74 Å². The largest absolute Gasteiger partial charge is 0.484 e. The fraction of sp³-hybridized carbons (Fsp3) is 0.316. The second-order valence-corrected chi connectivity index (χ2v) is 8.02. The van der Waals surface area contributed by atoms with Crippen molar-refractivity contribution in [3.8, 4) is 5.75 Å². The summed E-state index contributed by atoms with van der Waals surface area (Å²) in [4.78, 5) is 12.0. The lowest BCUT2D eigenvalue weighted by Crippen LogP contribution is -2.30. The van der Waals surface area contributed by atoms with Gasteiger partial charge in [0.2, 0.25) is 10.0 Å². The maximum Gasteiger partial charge on any atom is 0.258 e. The molecule has 2 aromatic carbocycles. The van der Waals surface area contributed by atoms with Gasteiger partial charge in [0.25, 0.3) is 5.91 Å². The molecule has 2 N–H and O–H groups in total. The molecule has 2 rings (SSSR count). The van der Waals surface area contributed by atoms with Gasteiger partial charge in [-0.2, -0.15) is 0 Å². The molecule has 1 amide bonds. The van der Waals surface area contributed by atoms with Crippen molar-refractivity contribution in [2.24, 2.45) is 0 Å². The summed E-state index contributed by atoms with van der Waals surface area (Å²) in [6.07, 6.45) is 0. The molecule has 0 radical (unpaired) electrons. The van der Waals surface area contributed by atoms with Gasteiger partial charge in [-0.25, -0.2) is 13.1 Å². The van der Waals surface area contributed by atoms with Crippen molar-refractivity contribution in [3.05, 3.63) is 59.7 Å². The first-order valence-corrected chi connectivity index (χ1v) is 9.82. The van der Waals surface area contributed by atoms with E-state index in [2.05, 4.69) is 10.0 Å². The minimum Gasteiger partial charge on any atom is -0.484 e. The zero-order valence-corrected chi connectivity index (χ0v) is 16.0. The number of aryl methyl sites for hydroxylation is 1. The number of hydrogen-bond acceptors (Lipinski definition) is 4. The van der Waals surface area contributed by atoms with Crippen LogP contribution in [0.15, 0.2) is 53.4 Å². The number of hydrogen-bond donors (Lipinski definition) is 2. The molecular weight excluding hydrogens is 352 g/mol. The van der Waals surface area contributed by atoms with Crippen molar-refractivity contribution in [2.45, 2.75) is 38.3 Å². The van der Waals surface area contributed by atoms with Crippen molar-refractivity contribution < 1.29 is 17.9 Å². The number of rotatable bonds is 8. The average Bonchev–Trinajstić information content (AvgIpc) is 2.57. The molecule has 0 unspecified atom stereocenters. The van der Waals surface area contributed by atoms with Crippen LogP contribution in [0, 0.1) is 6.92 Å². The normalized spacial score (nSPS) is 11.4. The fourth-order valence-corrected chi connectivity index (χ4v) is 3.57. The minimum absolute atomic E-state index is 0.137. The Labute approximate surface area is 154 Å². The summed E-state index contributed by atoms with van der Waals surface area (Å²) in [5.74, 6) is 0.184. The van der Waals surface area contributed by atoms with E-state index in [1.54, 1.807) is 13.8 Å². The van der Waals surface area contributed by atoms with Gasteiger partial charge in [0.05, 0.1) is 4.90 Å². The third-order valence-corrected chi connectivity index (χ3v) is 5.14. The molecule has 7 heteroatoms. The topological polar surface area (TPSA) is 84.5 Å². The summed E-state index contributed by atoms with van der Waals surface area (Å²) in [6.45, 7) is 5.80. The predicted octanol–water partition coefficient (Wildman–Crippen LogP) is 2.38. The zero-order chi connectivity index (χ0) is 19.2. The standard InChI is InChI=1S/C19H24N2O4S/c1-14(2)21-26(23,24)18-9-7-17(8-10-18)25-13-19(22)20-12-16-6-4-5-15(3)11-16/h4-11,14,21H,12-13H2,1-3H3,(H,20,22). The maximum absolute atomic E-state index is 12.0. The van der Waals surface area contributed by atoms with Gasteiger partial charge in [-0.1, -0.05) is 29.8 Å². The number of benzene rings is 2. The second-order valence-electron chi connectivity index (χ2n) is 6.30. The summed E-state index contributed by atoms with van der Waals surface area (Å²) in [6, 6.07) is 13.7. The Kier molecular flexibility index (Phi) is 6.76. The van der Waals surface area contributed by atoms with Crippen LogP contribution in [0.4, 0.5) is 0 Å². The first kappa shape index (κ1) is 19.9. The third kappa shape index (κ3) is 6.16. The van der Waals surface area contributed by atoms with Crippen LogP contribution >= 0.6 is 0 Å². The van der Waals surface area contributed by atoms with Crippen molar-refractivity contribution >= 4 is 15.9 Å². The zero-order valence-electron chi connectivity index (χ0n) is 15.2. The molecule has 0 spiro atoms. The van der Waals surface area contributed by atoms with E-state index >= 15 is 0 Å². The highest BCUT2D eigenvalue weighted by Gasteiger charge is 2.15. The number of amides is 1. The molecule has 0 atom stereocenters. The first-order valence-electron chi connectivity index (χ1n) is 8.34. The highest BCUT2D eigenvalue weighted by molar-refractivity contribution is 7.89. The van der Waals surface area contributed by atoms with E-state index in [1.807, 2.05) is 31.2 Å². The Bertz CT molecular complexity index is 846. The van der Waals surface area contributed by atoms with Crippen LogP contribution in [0.25, 0.3) is 0 Å². The Hall–Kier alpha value is -2.38. The molecule has 0 aromatic heterocycles. The van der Waals surface area contributed by atoms with Crippen LogP contribution in [0.2, 0.25) is 0 Å². The molecule has 6 nitrogen and oxygen atoms in total. The van der Waals surface area contributed by atoms with Gasteiger partial charge in [0.1, 0.15) is 5.75 Å². The molecule has 0 saturated carbocycles. The van der Waals surface area contributed by atoms with Crippen LogP contribution in [-0.2, 0) is 21.4 Å². The summed E-state index contributed by atoms with van der Waals surface area (Å²) in [5.41, 5.74) is 2.15. The van der Waals surface area contributed by atoms with Crippen LogP contribution in [0.5, 0.6) is 5.75 Å². The van der Waals surface area contributed by atoms with E-state index in [9.17, 15) is 13.2 Å². The lowest BCUT2D eigenvalue weighted by atomic mass is 10.1. The number of carbonyl (C=O) groups is 1. The molecule has 0 saturated heterocycles. The van der Waals surface area contributed by atoms with E-state index in [0.29, 0.717) is 12.3 Å². The number of ether oxygens (including phenoxy) is 1. The SMILES string of the molecule is Cc1cccc(CNC(=O)COc2ccc(S(=O)(=O)NC(C)C)cc2)c1. The molecule has 0 bridgehead atoms. The lowest BCUT2D eigenvalue weighted by molar-refractivity contribution is -0.123. The first-order chi connectivity index (χ1) is 12.3. The van der Waals surface area contributed by atoms with Crippen LogP contribution in [-0.4, -0.2) is 27.0 Å². The minimum atomic E-state index is -3.54. The molecule has 26 heavy (non-hydrogen) atoms. The fourth-order valence-electron chi connectivity index (χ4n) is 2.32. The number of sulfonamides is 1. The summed E-state index contributed by atoms with van der Waals surface area (Å²) >= 11 is 0. The highest BCUT2D eigenvalue weighted by atomic mass is 32.2. The van der Waals surface area contributed by atoms with E-state index in [1.165, 1.54) is 24.3 Å². The molecule has 0 aliphatic carbocycles. The highest BCUT2D eigenvalue weighted by Crippen LogP contribution is 2.16. The third-order valence-electron chi connectivity index (χ3n) is 3.47. The Morgan fingerprint density at radius 3 is 2.42 bits per heavy atom. The second kappa shape index (κ2) is 8.82. The predicted molar refractivity (Wildman–Crippen MR) is 100 cm³/mol. The summed E-state index contributed by atoms with van der Waals surface area (Å²) < 4.78 is 32.0. The Morgan fingerprint density at radius 1 is 1.12 bits per heavy atom. The van der Waals surface area contributed by atoms with Crippen molar-refractivity contribution in [1.82, 2.24) is 10.0 Å². The van der Waals surface area contributed by atoms with Gasteiger partial charge in [-0.15, -0.1) is 0 Å². The van der Waals surface area contributed by atoms with Gasteiger partial charge in [-0.05, 0) is 50.6 Å². The smallest absolute Gasteiger partial charge is 0.258 e. The van der Waals surface area contributed by atoms with Gasteiger partial charge in [0, 0.05) is 12.6 Å². The number of nitrogens with one attached hydrogen (secondary N) is 2. The molecule has 0 aliphatic rings. The summed E-state index contributed by atoms with van der Waals surface area (Å²) in [5, 5.41) is 2.78. The molecular formula is C19H24N2O4S. The van der Waals surface area contributed by atoms with Gasteiger partial charge in [0.15, 0.2) is 6.61 Å². The quantitative estimate of drug-likeness (QED) is 0.741. The van der Waals surface area contributed by atoms with Crippen LogP contribution in [0.1, 0.15) is 25.0 Å². The van der Waals surface area contributed by atoms with Crippen molar-refractivity contribution in [3.63, 3.8) is 0 Å². The lowest BCUT2D eigenvalue weighted by Gasteiger charge is -2.11. The Morgan fingerprint density at radius 2 is 1.81 bits per heavy atom. The average molecular weight is 376 g/mol. The molecule has 0 heterocycles. The van der Waals surface area contributed by atoms with E-state index in [-0.39, 0.29) is 23.5 Å². The van der Waals surface area contributed by atoms with Gasteiger partial charge >= 0.3 is 0 Å². The van der Waals surface area contributed by atoms with Crippen LogP contribution in [0.3, 0.4) is 0 Å². The van der Waals surface area contributed by atoms with E-state index in [0.717, 1.165) is 11.1 Å². The van der Waals surface area contributed by atoms with E-state index < -0.39 is 10.0 Å². The van der Waals surface area contributed by atoms with Crippen LogP contribution < -0.4 is 14.8 Å². The maximum atomic E-state index is 12.0.